The van der Waals surface area contributed by atoms with E-state index in [1.165, 1.54) is 52.8 Å². The molecule has 0 saturated heterocycles. The van der Waals surface area contributed by atoms with Crippen molar-refractivity contribution in [2.24, 2.45) is 0 Å². The normalized spacial score (nSPS) is 11.6. The molecule has 0 atom stereocenters. The molecular formula is C51H31N3S. The Balaban J connectivity index is 1.13. The second kappa shape index (κ2) is 12.8. The fourth-order valence-electron chi connectivity index (χ4n) is 8.07. The summed E-state index contributed by atoms with van der Waals surface area (Å²) in [5, 5.41) is 9.61. The summed E-state index contributed by atoms with van der Waals surface area (Å²) in [4.78, 5) is 15.9. The molecule has 0 bridgehead atoms. The van der Waals surface area contributed by atoms with E-state index < -0.39 is 0 Å². The van der Waals surface area contributed by atoms with Crippen molar-refractivity contribution in [1.82, 2.24) is 15.0 Å². The van der Waals surface area contributed by atoms with Gasteiger partial charge in [0.2, 0.25) is 0 Å². The number of nitrogens with zero attached hydrogens (tertiary/aromatic N) is 3. The quantitative estimate of drug-likeness (QED) is 0.178. The van der Waals surface area contributed by atoms with Gasteiger partial charge in [0.25, 0.3) is 0 Å². The van der Waals surface area contributed by atoms with E-state index in [-0.39, 0.29) is 0 Å². The number of hydrogen-bond acceptors (Lipinski definition) is 4. The van der Waals surface area contributed by atoms with Gasteiger partial charge >= 0.3 is 0 Å². The van der Waals surface area contributed by atoms with Gasteiger partial charge in [0.05, 0.1) is 0 Å². The van der Waals surface area contributed by atoms with Crippen molar-refractivity contribution < 1.29 is 0 Å². The van der Waals surface area contributed by atoms with Gasteiger partial charge in [0.1, 0.15) is 0 Å². The number of aromatic nitrogens is 3. The molecule has 256 valence electrons. The number of thiophene rings is 1. The number of rotatable bonds is 5. The van der Waals surface area contributed by atoms with E-state index in [2.05, 4.69) is 188 Å². The van der Waals surface area contributed by atoms with E-state index in [1.54, 1.807) is 11.3 Å². The van der Waals surface area contributed by atoms with E-state index in [0.717, 1.165) is 38.6 Å². The Morgan fingerprint density at radius 1 is 0.291 bits per heavy atom. The van der Waals surface area contributed by atoms with Crippen LogP contribution in [0.1, 0.15) is 0 Å². The van der Waals surface area contributed by atoms with Gasteiger partial charge in [-0.15, -0.1) is 11.3 Å². The highest BCUT2D eigenvalue weighted by atomic mass is 32.1. The summed E-state index contributed by atoms with van der Waals surface area (Å²) in [7, 11) is 0. The first-order valence-electron chi connectivity index (χ1n) is 18.5. The highest BCUT2D eigenvalue weighted by molar-refractivity contribution is 7.26. The predicted molar refractivity (Wildman–Crippen MR) is 232 cm³/mol. The smallest absolute Gasteiger partial charge is 0.165 e. The Bertz CT molecular complexity index is 3280. The molecule has 0 saturated carbocycles. The van der Waals surface area contributed by atoms with Crippen LogP contribution in [-0.4, -0.2) is 15.0 Å². The third-order valence-electron chi connectivity index (χ3n) is 10.7. The number of benzene rings is 9. The Morgan fingerprint density at radius 3 is 1.71 bits per heavy atom. The van der Waals surface area contributed by atoms with Crippen molar-refractivity contribution in [3.05, 3.63) is 188 Å². The highest BCUT2D eigenvalue weighted by Gasteiger charge is 2.19. The molecule has 3 nitrogen and oxygen atoms in total. The fraction of sp³-hybridized carbons (Fsp3) is 0. The zero-order valence-corrected chi connectivity index (χ0v) is 30.5. The molecule has 55 heavy (non-hydrogen) atoms. The molecule has 2 aromatic heterocycles. The molecule has 0 radical (unpaired) electrons. The van der Waals surface area contributed by atoms with Crippen LogP contribution in [0.25, 0.3) is 109 Å². The van der Waals surface area contributed by atoms with Crippen LogP contribution in [0.4, 0.5) is 0 Å². The molecule has 2 heterocycles. The van der Waals surface area contributed by atoms with Gasteiger partial charge in [-0.25, -0.2) is 15.0 Å². The average Bonchev–Trinajstić information content (AvgIpc) is 3.65. The second-order valence-electron chi connectivity index (χ2n) is 14.0. The lowest BCUT2D eigenvalue weighted by molar-refractivity contribution is 1.08. The summed E-state index contributed by atoms with van der Waals surface area (Å²) < 4.78 is 2.42. The third-order valence-corrected chi connectivity index (χ3v) is 11.9. The summed E-state index contributed by atoms with van der Waals surface area (Å²) >= 11 is 1.79. The second-order valence-corrected chi connectivity index (χ2v) is 15.0. The monoisotopic (exact) mass is 717 g/mol. The van der Waals surface area contributed by atoms with Gasteiger partial charge in [-0.3, -0.25) is 0 Å². The fourth-order valence-corrected chi connectivity index (χ4v) is 9.28. The third kappa shape index (κ3) is 5.38. The standard InChI is InChI=1S/C51H31N3S/c1-2-14-34-30-36(27-26-32(34)12-1)35-16-9-17-37(31-35)49-52-50(54-51(53-49)46-24-11-23-44-43-21-7-8-25-47(43)55-48(44)46)45-29-28-42(40-19-5-6-20-41(40)45)39-22-10-15-33-13-3-4-18-38(33)39/h1-31H. The van der Waals surface area contributed by atoms with Crippen LogP contribution in [0.5, 0.6) is 0 Å². The SMILES string of the molecule is c1cc(-c2ccc3ccccc3c2)cc(-c2nc(-c3ccc(-c4cccc5ccccc45)c4ccccc34)nc(-c3cccc4c3sc3ccccc34)n2)c1. The largest absolute Gasteiger partial charge is 0.208 e. The van der Waals surface area contributed by atoms with Crippen molar-refractivity contribution >= 4 is 63.8 Å². The summed E-state index contributed by atoms with van der Waals surface area (Å²) in [6.45, 7) is 0. The van der Waals surface area contributed by atoms with Crippen LogP contribution in [0.2, 0.25) is 0 Å². The number of hydrogen-bond donors (Lipinski definition) is 0. The van der Waals surface area contributed by atoms with Gasteiger partial charge < -0.3 is 0 Å². The molecule has 0 N–H and O–H groups in total. The Hall–Kier alpha value is -7.01. The topological polar surface area (TPSA) is 38.7 Å². The molecule has 11 aromatic rings. The zero-order valence-electron chi connectivity index (χ0n) is 29.6. The maximum atomic E-state index is 5.32. The van der Waals surface area contributed by atoms with Crippen LogP contribution in [0.15, 0.2) is 188 Å². The van der Waals surface area contributed by atoms with Crippen molar-refractivity contribution in [1.29, 1.82) is 0 Å². The Kier molecular flexibility index (Phi) is 7.35. The van der Waals surface area contributed by atoms with Gasteiger partial charge in [0.15, 0.2) is 17.5 Å². The minimum Gasteiger partial charge on any atom is -0.208 e. The Labute approximate surface area is 321 Å². The molecule has 0 aliphatic rings. The molecule has 0 fully saturated rings. The molecule has 0 aliphatic heterocycles. The van der Waals surface area contributed by atoms with E-state index in [9.17, 15) is 0 Å². The van der Waals surface area contributed by atoms with Gasteiger partial charge in [-0.2, -0.15) is 0 Å². The highest BCUT2D eigenvalue weighted by Crippen LogP contribution is 2.41. The lowest BCUT2D eigenvalue weighted by Gasteiger charge is -2.14. The molecule has 9 aromatic carbocycles. The average molecular weight is 718 g/mol. The minimum absolute atomic E-state index is 0.642. The minimum atomic E-state index is 0.642. The molecule has 11 rings (SSSR count). The van der Waals surface area contributed by atoms with E-state index in [0.29, 0.717) is 17.5 Å². The van der Waals surface area contributed by atoms with Gasteiger partial charge in [0, 0.05) is 36.9 Å². The summed E-state index contributed by atoms with van der Waals surface area (Å²) in [5.41, 5.74) is 7.58. The first-order chi connectivity index (χ1) is 27.2. The Morgan fingerprint density at radius 2 is 0.836 bits per heavy atom. The molecular weight excluding hydrogens is 687 g/mol. The van der Waals surface area contributed by atoms with Gasteiger partial charge in [-0.1, -0.05) is 158 Å². The summed E-state index contributed by atoms with van der Waals surface area (Å²) in [5.74, 6) is 1.95. The van der Waals surface area contributed by atoms with E-state index in [1.807, 2.05) is 0 Å². The van der Waals surface area contributed by atoms with Crippen molar-refractivity contribution in [3.8, 4) is 56.4 Å². The lowest BCUT2D eigenvalue weighted by Crippen LogP contribution is -2.01. The van der Waals surface area contributed by atoms with Crippen LogP contribution in [-0.2, 0) is 0 Å². The summed E-state index contributed by atoms with van der Waals surface area (Å²) in [6.07, 6.45) is 0. The van der Waals surface area contributed by atoms with Crippen LogP contribution in [0.3, 0.4) is 0 Å². The molecule has 4 heteroatoms. The van der Waals surface area contributed by atoms with Crippen LogP contribution < -0.4 is 0 Å². The molecule has 0 aliphatic carbocycles. The molecule has 0 amide bonds. The summed E-state index contributed by atoms with van der Waals surface area (Å²) in [6, 6.07) is 66.9. The first kappa shape index (κ1) is 31.5. The number of fused-ring (bicyclic) bond motifs is 6. The van der Waals surface area contributed by atoms with E-state index >= 15 is 0 Å². The van der Waals surface area contributed by atoms with E-state index in [4.69, 9.17) is 15.0 Å². The van der Waals surface area contributed by atoms with Gasteiger partial charge in [-0.05, 0) is 84.9 Å². The van der Waals surface area contributed by atoms with Crippen LogP contribution >= 0.6 is 11.3 Å². The molecule has 0 unspecified atom stereocenters. The van der Waals surface area contributed by atoms with Crippen molar-refractivity contribution in [2.45, 2.75) is 0 Å². The van der Waals surface area contributed by atoms with Crippen molar-refractivity contribution in [2.75, 3.05) is 0 Å². The van der Waals surface area contributed by atoms with Crippen molar-refractivity contribution in [3.63, 3.8) is 0 Å². The lowest BCUT2D eigenvalue weighted by atomic mass is 9.92. The maximum absolute atomic E-state index is 5.32. The zero-order chi connectivity index (χ0) is 36.3. The predicted octanol–water partition coefficient (Wildman–Crippen LogP) is 14.0. The van der Waals surface area contributed by atoms with Crippen LogP contribution in [0, 0.1) is 0 Å². The first-order valence-corrected chi connectivity index (χ1v) is 19.3. The molecule has 0 spiro atoms. The maximum Gasteiger partial charge on any atom is 0.165 e.